The molecular formula is C10H19NO4. The maximum atomic E-state index is 11.3. The van der Waals surface area contributed by atoms with Crippen molar-refractivity contribution in [2.75, 3.05) is 19.8 Å². The van der Waals surface area contributed by atoms with Crippen molar-refractivity contribution in [1.29, 1.82) is 0 Å². The van der Waals surface area contributed by atoms with E-state index < -0.39 is 6.10 Å². The number of ether oxygens (including phenoxy) is 1. The lowest BCUT2D eigenvalue weighted by Crippen LogP contribution is -2.36. The van der Waals surface area contributed by atoms with Crippen molar-refractivity contribution in [2.45, 2.75) is 31.9 Å². The van der Waals surface area contributed by atoms with Gasteiger partial charge in [-0.25, -0.2) is 0 Å². The van der Waals surface area contributed by atoms with Crippen LogP contribution in [0, 0.1) is 5.92 Å². The van der Waals surface area contributed by atoms with Gasteiger partial charge in [0.05, 0.1) is 6.10 Å². The summed E-state index contributed by atoms with van der Waals surface area (Å²) in [6.07, 6.45) is 0.644. The molecule has 1 fully saturated rings. The Morgan fingerprint density at radius 1 is 1.53 bits per heavy atom. The van der Waals surface area contributed by atoms with Gasteiger partial charge >= 0.3 is 0 Å². The van der Waals surface area contributed by atoms with Gasteiger partial charge in [-0.15, -0.1) is 0 Å². The number of nitrogens with one attached hydrogen (secondary N) is 1. The lowest BCUT2D eigenvalue weighted by molar-refractivity contribution is -0.126. The third-order valence-corrected chi connectivity index (χ3v) is 2.69. The molecule has 3 atom stereocenters. The average molecular weight is 217 g/mol. The molecule has 5 heteroatoms. The van der Waals surface area contributed by atoms with E-state index in [4.69, 9.17) is 9.84 Å². The summed E-state index contributed by atoms with van der Waals surface area (Å²) in [5, 5.41) is 21.2. The van der Waals surface area contributed by atoms with Gasteiger partial charge in [0, 0.05) is 25.2 Å². The Hall–Kier alpha value is -0.650. The van der Waals surface area contributed by atoms with E-state index in [0.29, 0.717) is 19.4 Å². The molecule has 88 valence electrons. The number of aliphatic hydroxyl groups excluding tert-OH is 2. The topological polar surface area (TPSA) is 78.8 Å². The van der Waals surface area contributed by atoms with Gasteiger partial charge in [-0.05, 0) is 19.8 Å². The molecule has 0 aliphatic heterocycles. The van der Waals surface area contributed by atoms with Gasteiger partial charge in [0.15, 0.2) is 0 Å². The fourth-order valence-corrected chi connectivity index (χ4v) is 1.88. The number of rotatable bonds is 5. The highest BCUT2D eigenvalue weighted by Crippen LogP contribution is 2.25. The highest BCUT2D eigenvalue weighted by molar-refractivity contribution is 5.77. The molecule has 0 spiro atoms. The van der Waals surface area contributed by atoms with Crippen molar-refractivity contribution in [3.8, 4) is 0 Å². The molecule has 1 saturated carbocycles. The number of hydrogen-bond donors (Lipinski definition) is 3. The Morgan fingerprint density at radius 3 is 2.80 bits per heavy atom. The van der Waals surface area contributed by atoms with Crippen molar-refractivity contribution >= 4 is 5.91 Å². The predicted molar refractivity (Wildman–Crippen MR) is 54.2 cm³/mol. The van der Waals surface area contributed by atoms with Crippen molar-refractivity contribution < 1.29 is 19.7 Å². The van der Waals surface area contributed by atoms with Crippen LogP contribution in [0.3, 0.4) is 0 Å². The molecule has 1 amide bonds. The Morgan fingerprint density at radius 2 is 2.27 bits per heavy atom. The quantitative estimate of drug-likeness (QED) is 0.567. The summed E-state index contributed by atoms with van der Waals surface area (Å²) in [5.41, 5.74) is 0. The van der Waals surface area contributed by atoms with Crippen molar-refractivity contribution in [3.05, 3.63) is 0 Å². The van der Waals surface area contributed by atoms with Crippen LogP contribution in [0.1, 0.15) is 19.8 Å². The van der Waals surface area contributed by atoms with Crippen LogP contribution in [-0.2, 0) is 9.53 Å². The molecule has 3 unspecified atom stereocenters. The molecule has 5 nitrogen and oxygen atoms in total. The first kappa shape index (κ1) is 12.4. The fraction of sp³-hybridized carbons (Fsp3) is 0.900. The normalized spacial score (nSPS) is 30.5. The van der Waals surface area contributed by atoms with Gasteiger partial charge in [0.1, 0.15) is 6.61 Å². The van der Waals surface area contributed by atoms with Gasteiger partial charge < -0.3 is 20.3 Å². The highest BCUT2D eigenvalue weighted by Gasteiger charge is 2.32. The molecule has 0 saturated heterocycles. The highest BCUT2D eigenvalue weighted by atomic mass is 16.5. The molecule has 1 rings (SSSR count). The number of hydrogen-bond acceptors (Lipinski definition) is 4. The molecule has 0 bridgehead atoms. The van der Waals surface area contributed by atoms with Crippen molar-refractivity contribution in [3.63, 3.8) is 0 Å². The first-order valence-electron chi connectivity index (χ1n) is 5.33. The van der Waals surface area contributed by atoms with Crippen LogP contribution in [-0.4, -0.2) is 48.1 Å². The first-order chi connectivity index (χ1) is 7.17. The van der Waals surface area contributed by atoms with Crippen LogP contribution in [0.2, 0.25) is 0 Å². The second-order valence-electron chi connectivity index (χ2n) is 3.88. The number of carbonyl (C=O) groups is 1. The molecule has 15 heavy (non-hydrogen) atoms. The minimum absolute atomic E-state index is 0.0288. The number of carbonyl (C=O) groups excluding carboxylic acids is 1. The second-order valence-corrected chi connectivity index (χ2v) is 3.88. The maximum absolute atomic E-state index is 11.3. The van der Waals surface area contributed by atoms with Gasteiger partial charge in [0.2, 0.25) is 5.91 Å². The van der Waals surface area contributed by atoms with Crippen LogP contribution >= 0.6 is 0 Å². The molecule has 0 aromatic carbocycles. The van der Waals surface area contributed by atoms with Crippen molar-refractivity contribution in [2.24, 2.45) is 5.92 Å². The third kappa shape index (κ3) is 3.77. The van der Waals surface area contributed by atoms with E-state index in [1.54, 1.807) is 0 Å². The van der Waals surface area contributed by atoms with Gasteiger partial charge in [0.25, 0.3) is 0 Å². The molecule has 1 aliphatic rings. The molecule has 0 aromatic rings. The van der Waals surface area contributed by atoms with Crippen LogP contribution in [0.4, 0.5) is 0 Å². The minimum atomic E-state index is -0.507. The Kier molecular flexibility index (Phi) is 5.01. The summed E-state index contributed by atoms with van der Waals surface area (Å²) in [6.45, 7) is 2.38. The summed E-state index contributed by atoms with van der Waals surface area (Å²) >= 11 is 0. The Labute approximate surface area is 89.4 Å². The molecule has 3 N–H and O–H groups in total. The molecule has 0 radical (unpaired) electrons. The molecular weight excluding hydrogens is 198 g/mol. The maximum Gasteiger partial charge on any atom is 0.246 e. The number of amides is 1. The lowest BCUT2D eigenvalue weighted by atomic mass is 10.1. The average Bonchev–Trinajstić information content (AvgIpc) is 2.55. The lowest BCUT2D eigenvalue weighted by Gasteiger charge is -2.12. The zero-order valence-electron chi connectivity index (χ0n) is 8.98. The van der Waals surface area contributed by atoms with E-state index >= 15 is 0 Å². The summed E-state index contributed by atoms with van der Waals surface area (Å²) in [7, 11) is 0. The summed E-state index contributed by atoms with van der Waals surface area (Å²) in [6, 6.07) is -0.0369. The largest absolute Gasteiger partial charge is 0.396 e. The molecule has 1 aliphatic carbocycles. The van der Waals surface area contributed by atoms with Crippen LogP contribution < -0.4 is 5.32 Å². The Bertz CT molecular complexity index is 210. The summed E-state index contributed by atoms with van der Waals surface area (Å²) in [4.78, 5) is 11.3. The van der Waals surface area contributed by atoms with E-state index in [-0.39, 0.29) is 31.1 Å². The van der Waals surface area contributed by atoms with E-state index in [1.165, 1.54) is 0 Å². The van der Waals surface area contributed by atoms with E-state index in [9.17, 15) is 9.90 Å². The van der Waals surface area contributed by atoms with Crippen LogP contribution in [0.25, 0.3) is 0 Å². The van der Waals surface area contributed by atoms with Gasteiger partial charge in [-0.2, -0.15) is 0 Å². The smallest absolute Gasteiger partial charge is 0.246 e. The third-order valence-electron chi connectivity index (χ3n) is 2.69. The number of aliphatic hydroxyl groups is 2. The van der Waals surface area contributed by atoms with Crippen LogP contribution in [0.15, 0.2) is 0 Å². The summed E-state index contributed by atoms with van der Waals surface area (Å²) < 4.78 is 4.96. The van der Waals surface area contributed by atoms with Crippen LogP contribution in [0.5, 0.6) is 0 Å². The molecule has 0 aromatic heterocycles. The van der Waals surface area contributed by atoms with Gasteiger partial charge in [-0.3, -0.25) is 4.79 Å². The predicted octanol–water partition coefficient (Wildman–Crippen LogP) is -0.729. The monoisotopic (exact) mass is 217 g/mol. The zero-order chi connectivity index (χ0) is 11.3. The Balaban J connectivity index is 2.25. The van der Waals surface area contributed by atoms with E-state index in [2.05, 4.69) is 5.32 Å². The first-order valence-corrected chi connectivity index (χ1v) is 5.33. The standard InChI is InChI=1S/C10H19NO4/c1-2-15-6-10(14)11-8-3-7(5-12)9(13)4-8/h7-9,12-13H,2-6H2,1H3,(H,11,14). The van der Waals surface area contributed by atoms with E-state index in [0.717, 1.165) is 0 Å². The second kappa shape index (κ2) is 6.05. The van der Waals surface area contributed by atoms with Crippen molar-refractivity contribution in [1.82, 2.24) is 5.32 Å². The minimum Gasteiger partial charge on any atom is -0.396 e. The zero-order valence-corrected chi connectivity index (χ0v) is 8.98. The van der Waals surface area contributed by atoms with Gasteiger partial charge in [-0.1, -0.05) is 0 Å². The fourth-order valence-electron chi connectivity index (χ4n) is 1.88. The molecule has 0 heterocycles. The van der Waals surface area contributed by atoms with E-state index in [1.807, 2.05) is 6.92 Å². The summed E-state index contributed by atoms with van der Waals surface area (Å²) in [5.74, 6) is -0.268. The SMILES string of the molecule is CCOCC(=O)NC1CC(O)C(CO)C1.